The molecule has 0 bridgehead atoms. The molecule has 0 amide bonds. The van der Waals surface area contributed by atoms with Crippen molar-refractivity contribution < 1.29 is 13.2 Å². The van der Waals surface area contributed by atoms with Crippen LogP contribution < -0.4 is 5.73 Å². The molecular formula is C9H19NO3S. The number of ether oxygens (including phenoxy) is 1. The van der Waals surface area contributed by atoms with Crippen molar-refractivity contribution >= 4 is 9.84 Å². The van der Waals surface area contributed by atoms with Gasteiger partial charge in [-0.3, -0.25) is 0 Å². The Kier molecular flexibility index (Phi) is 3.55. The Morgan fingerprint density at radius 2 is 2.14 bits per heavy atom. The van der Waals surface area contributed by atoms with E-state index in [-0.39, 0.29) is 17.4 Å². The lowest BCUT2D eigenvalue weighted by atomic mass is 10.1. The van der Waals surface area contributed by atoms with Gasteiger partial charge in [0.1, 0.15) is 0 Å². The van der Waals surface area contributed by atoms with Crippen LogP contribution in [0.2, 0.25) is 0 Å². The third kappa shape index (κ3) is 4.39. The van der Waals surface area contributed by atoms with Crippen LogP contribution in [-0.4, -0.2) is 38.7 Å². The summed E-state index contributed by atoms with van der Waals surface area (Å²) in [4.78, 5) is 0. The summed E-state index contributed by atoms with van der Waals surface area (Å²) >= 11 is 0. The van der Waals surface area contributed by atoms with E-state index in [0.29, 0.717) is 13.2 Å². The van der Waals surface area contributed by atoms with Gasteiger partial charge in [-0.1, -0.05) is 0 Å². The highest BCUT2D eigenvalue weighted by molar-refractivity contribution is 7.91. The first kappa shape index (κ1) is 11.9. The summed E-state index contributed by atoms with van der Waals surface area (Å²) in [7, 11) is -3.03. The van der Waals surface area contributed by atoms with Crippen LogP contribution in [0.4, 0.5) is 0 Å². The molecule has 0 aromatic rings. The molecule has 1 saturated heterocycles. The van der Waals surface area contributed by atoms with Gasteiger partial charge in [0, 0.05) is 12.1 Å². The average molecular weight is 221 g/mol. The first-order chi connectivity index (χ1) is 6.29. The molecule has 1 aliphatic heterocycles. The standard InChI is InChI=1S/C9H19NO3S/c1-9(2,10)7-14(11,12)6-8-3-4-13-5-8/h8H,3-7,10H2,1-2H3. The van der Waals surface area contributed by atoms with E-state index in [2.05, 4.69) is 0 Å². The Morgan fingerprint density at radius 3 is 2.57 bits per heavy atom. The minimum atomic E-state index is -3.03. The van der Waals surface area contributed by atoms with Gasteiger partial charge < -0.3 is 10.5 Å². The van der Waals surface area contributed by atoms with Crippen LogP contribution in [0.5, 0.6) is 0 Å². The highest BCUT2D eigenvalue weighted by Gasteiger charge is 2.27. The quantitative estimate of drug-likeness (QED) is 0.735. The molecular weight excluding hydrogens is 202 g/mol. The molecule has 5 heteroatoms. The lowest BCUT2D eigenvalue weighted by Gasteiger charge is -2.19. The average Bonchev–Trinajstić information content (AvgIpc) is 2.31. The fourth-order valence-electron chi connectivity index (χ4n) is 1.70. The summed E-state index contributed by atoms with van der Waals surface area (Å²) in [5.41, 5.74) is 5.04. The van der Waals surface area contributed by atoms with Crippen molar-refractivity contribution in [2.75, 3.05) is 24.7 Å². The van der Waals surface area contributed by atoms with Gasteiger partial charge >= 0.3 is 0 Å². The highest BCUT2D eigenvalue weighted by atomic mass is 32.2. The number of sulfone groups is 1. The van der Waals surface area contributed by atoms with Gasteiger partial charge in [0.15, 0.2) is 9.84 Å². The lowest BCUT2D eigenvalue weighted by molar-refractivity contribution is 0.188. The molecule has 0 spiro atoms. The van der Waals surface area contributed by atoms with Crippen LogP contribution >= 0.6 is 0 Å². The predicted molar refractivity (Wildman–Crippen MR) is 55.8 cm³/mol. The number of hydrogen-bond donors (Lipinski definition) is 1. The van der Waals surface area contributed by atoms with Crippen LogP contribution in [0.15, 0.2) is 0 Å². The van der Waals surface area contributed by atoms with E-state index in [1.54, 1.807) is 13.8 Å². The van der Waals surface area contributed by atoms with E-state index >= 15 is 0 Å². The van der Waals surface area contributed by atoms with Crippen molar-refractivity contribution in [3.8, 4) is 0 Å². The van der Waals surface area contributed by atoms with E-state index in [9.17, 15) is 8.42 Å². The molecule has 1 heterocycles. The van der Waals surface area contributed by atoms with Gasteiger partial charge in [-0.25, -0.2) is 8.42 Å². The van der Waals surface area contributed by atoms with Gasteiger partial charge in [-0.05, 0) is 26.2 Å². The summed E-state index contributed by atoms with van der Waals surface area (Å²) < 4.78 is 28.5. The molecule has 0 aromatic heterocycles. The smallest absolute Gasteiger partial charge is 0.152 e. The Bertz CT molecular complexity index is 273. The van der Waals surface area contributed by atoms with Crippen molar-refractivity contribution in [3.63, 3.8) is 0 Å². The van der Waals surface area contributed by atoms with Gasteiger partial charge in [0.2, 0.25) is 0 Å². The van der Waals surface area contributed by atoms with E-state index < -0.39 is 15.4 Å². The molecule has 0 aliphatic carbocycles. The molecule has 0 saturated carbocycles. The third-order valence-corrected chi connectivity index (χ3v) is 4.27. The highest BCUT2D eigenvalue weighted by Crippen LogP contribution is 2.16. The van der Waals surface area contributed by atoms with Crippen molar-refractivity contribution in [2.24, 2.45) is 11.7 Å². The maximum absolute atomic E-state index is 11.7. The van der Waals surface area contributed by atoms with Crippen molar-refractivity contribution in [1.29, 1.82) is 0 Å². The molecule has 1 unspecified atom stereocenters. The van der Waals surface area contributed by atoms with E-state index in [1.165, 1.54) is 0 Å². The summed E-state index contributed by atoms with van der Waals surface area (Å²) in [5.74, 6) is 0.437. The van der Waals surface area contributed by atoms with Crippen molar-refractivity contribution in [2.45, 2.75) is 25.8 Å². The normalized spacial score (nSPS) is 24.1. The Hall–Kier alpha value is -0.130. The second-order valence-electron chi connectivity index (χ2n) is 4.77. The van der Waals surface area contributed by atoms with Crippen LogP contribution in [0.25, 0.3) is 0 Å². The maximum atomic E-state index is 11.7. The van der Waals surface area contributed by atoms with Crippen molar-refractivity contribution in [1.82, 2.24) is 0 Å². The fourth-order valence-corrected chi connectivity index (χ4v) is 3.93. The Labute approximate surface area is 85.7 Å². The van der Waals surface area contributed by atoms with Gasteiger partial charge in [-0.15, -0.1) is 0 Å². The molecule has 2 N–H and O–H groups in total. The first-order valence-corrected chi connectivity index (χ1v) is 6.68. The third-order valence-electron chi connectivity index (χ3n) is 2.11. The van der Waals surface area contributed by atoms with E-state index in [4.69, 9.17) is 10.5 Å². The molecule has 1 rings (SSSR count). The van der Waals surface area contributed by atoms with E-state index in [1.807, 2.05) is 0 Å². The summed E-state index contributed by atoms with van der Waals surface area (Å²) in [6, 6.07) is 0. The second-order valence-corrected chi connectivity index (χ2v) is 6.88. The second kappa shape index (κ2) is 4.16. The molecule has 0 aromatic carbocycles. The molecule has 4 nitrogen and oxygen atoms in total. The predicted octanol–water partition coefficient (Wildman–Crippen LogP) is 0.175. The molecule has 0 radical (unpaired) electrons. The molecule has 1 fully saturated rings. The molecule has 1 aliphatic rings. The number of rotatable bonds is 4. The van der Waals surface area contributed by atoms with Crippen LogP contribution in [0.1, 0.15) is 20.3 Å². The molecule has 14 heavy (non-hydrogen) atoms. The summed E-state index contributed by atoms with van der Waals surface area (Å²) in [6.07, 6.45) is 0.851. The van der Waals surface area contributed by atoms with Crippen molar-refractivity contribution in [3.05, 3.63) is 0 Å². The SMILES string of the molecule is CC(C)(N)CS(=O)(=O)CC1CCOC1. The minimum absolute atomic E-state index is 0.0521. The van der Waals surface area contributed by atoms with E-state index in [0.717, 1.165) is 6.42 Å². The van der Waals surface area contributed by atoms with Gasteiger partial charge in [0.25, 0.3) is 0 Å². The molecule has 84 valence electrons. The largest absolute Gasteiger partial charge is 0.381 e. The zero-order valence-corrected chi connectivity index (χ0v) is 9.64. The first-order valence-electron chi connectivity index (χ1n) is 4.86. The summed E-state index contributed by atoms with van der Waals surface area (Å²) in [6.45, 7) is 4.72. The fraction of sp³-hybridized carbons (Fsp3) is 1.00. The monoisotopic (exact) mass is 221 g/mol. The topological polar surface area (TPSA) is 69.4 Å². The molecule has 1 atom stereocenters. The van der Waals surface area contributed by atoms with Crippen LogP contribution in [-0.2, 0) is 14.6 Å². The minimum Gasteiger partial charge on any atom is -0.381 e. The number of nitrogens with two attached hydrogens (primary N) is 1. The zero-order valence-electron chi connectivity index (χ0n) is 8.82. The van der Waals surface area contributed by atoms with Crippen LogP contribution in [0, 0.1) is 5.92 Å². The Morgan fingerprint density at radius 1 is 1.50 bits per heavy atom. The lowest BCUT2D eigenvalue weighted by Crippen LogP contribution is -2.41. The van der Waals surface area contributed by atoms with Gasteiger partial charge in [-0.2, -0.15) is 0 Å². The zero-order chi connectivity index (χ0) is 10.8. The summed E-state index contributed by atoms with van der Waals surface area (Å²) in [5, 5.41) is 0. The maximum Gasteiger partial charge on any atom is 0.152 e. The van der Waals surface area contributed by atoms with Gasteiger partial charge in [0.05, 0.1) is 18.1 Å². The Balaban J connectivity index is 2.49. The number of hydrogen-bond acceptors (Lipinski definition) is 4. The van der Waals surface area contributed by atoms with Crippen LogP contribution in [0.3, 0.4) is 0 Å².